The van der Waals surface area contributed by atoms with Gasteiger partial charge in [0.1, 0.15) is 0 Å². The molecule has 1 aliphatic heterocycles. The smallest absolute Gasteiger partial charge is 0.475 e. The molecule has 2 fully saturated rings. The maximum absolute atomic E-state index is 11.2. The van der Waals surface area contributed by atoms with Crippen molar-refractivity contribution in [2.45, 2.75) is 38.9 Å². The molecule has 5 nitrogen and oxygen atoms in total. The zero-order chi connectivity index (χ0) is 15.7. The number of hydrogen-bond donors (Lipinski definition) is 3. The fourth-order valence-electron chi connectivity index (χ4n) is 3.50. The molecule has 2 aliphatic rings. The molecular formula is C12H19F3N2O3. The predicted molar refractivity (Wildman–Crippen MR) is 64.7 cm³/mol. The number of hydrogen-bond acceptors (Lipinski definition) is 3. The molecule has 4 unspecified atom stereocenters. The molecule has 0 aromatic carbocycles. The number of carboxylic acids is 1. The Morgan fingerprint density at radius 2 is 1.90 bits per heavy atom. The highest BCUT2D eigenvalue weighted by molar-refractivity contribution is 5.82. The first-order valence-electron chi connectivity index (χ1n) is 6.45. The van der Waals surface area contributed by atoms with Crippen LogP contribution in [-0.4, -0.2) is 35.7 Å². The number of piperidine rings is 1. The monoisotopic (exact) mass is 296 g/mol. The van der Waals surface area contributed by atoms with E-state index in [1.807, 2.05) is 0 Å². The van der Waals surface area contributed by atoms with Gasteiger partial charge < -0.3 is 16.2 Å². The fraction of sp³-hybridized carbons (Fsp3) is 0.833. The first-order valence-corrected chi connectivity index (χ1v) is 6.45. The summed E-state index contributed by atoms with van der Waals surface area (Å²) in [5.74, 6) is -2.16. The van der Waals surface area contributed by atoms with Gasteiger partial charge in [-0.05, 0) is 25.3 Å². The molecule has 4 atom stereocenters. The summed E-state index contributed by atoms with van der Waals surface area (Å²) in [5, 5.41) is 10.6. The van der Waals surface area contributed by atoms with Crippen LogP contribution < -0.4 is 11.1 Å². The number of carbonyl (C=O) groups is 2. The van der Waals surface area contributed by atoms with Crippen molar-refractivity contribution in [3.63, 3.8) is 0 Å². The number of aliphatic carboxylic acids is 1. The highest BCUT2D eigenvalue weighted by atomic mass is 19.4. The fourth-order valence-corrected chi connectivity index (χ4v) is 3.50. The van der Waals surface area contributed by atoms with Gasteiger partial charge in [-0.3, -0.25) is 4.79 Å². The van der Waals surface area contributed by atoms with Crippen LogP contribution in [0.15, 0.2) is 0 Å². The summed E-state index contributed by atoms with van der Waals surface area (Å²) < 4.78 is 31.7. The van der Waals surface area contributed by atoms with Crippen LogP contribution >= 0.6 is 0 Å². The van der Waals surface area contributed by atoms with Crippen LogP contribution in [0, 0.1) is 17.3 Å². The van der Waals surface area contributed by atoms with E-state index < -0.39 is 12.1 Å². The van der Waals surface area contributed by atoms with Gasteiger partial charge in [-0.2, -0.15) is 13.2 Å². The van der Waals surface area contributed by atoms with E-state index in [9.17, 15) is 18.0 Å². The van der Waals surface area contributed by atoms with Crippen molar-refractivity contribution >= 4 is 11.9 Å². The molecule has 20 heavy (non-hydrogen) atoms. The molecule has 0 aromatic rings. The number of amides is 1. The van der Waals surface area contributed by atoms with Gasteiger partial charge in [-0.15, -0.1) is 0 Å². The average Bonchev–Trinajstić information content (AvgIpc) is 2.86. The van der Waals surface area contributed by atoms with Crippen molar-refractivity contribution in [2.24, 2.45) is 23.0 Å². The van der Waals surface area contributed by atoms with Crippen molar-refractivity contribution in [3.05, 3.63) is 0 Å². The molecule has 0 bridgehead atoms. The Bertz CT molecular complexity index is 400. The largest absolute Gasteiger partial charge is 0.490 e. The summed E-state index contributed by atoms with van der Waals surface area (Å²) in [6.45, 7) is 5.33. The number of nitrogens with two attached hydrogens (primary N) is 1. The zero-order valence-corrected chi connectivity index (χ0v) is 11.3. The summed E-state index contributed by atoms with van der Waals surface area (Å²) in [4.78, 5) is 20.1. The number of rotatable bonds is 3. The van der Waals surface area contributed by atoms with Crippen molar-refractivity contribution in [3.8, 4) is 0 Å². The van der Waals surface area contributed by atoms with Crippen molar-refractivity contribution < 1.29 is 27.9 Å². The lowest BCUT2D eigenvalue weighted by atomic mass is 9.89. The molecule has 1 aliphatic carbocycles. The summed E-state index contributed by atoms with van der Waals surface area (Å²) in [5.41, 5.74) is 5.62. The van der Waals surface area contributed by atoms with E-state index in [-0.39, 0.29) is 17.2 Å². The maximum Gasteiger partial charge on any atom is 0.490 e. The van der Waals surface area contributed by atoms with Crippen LogP contribution in [0.2, 0.25) is 0 Å². The third-order valence-corrected chi connectivity index (χ3v) is 4.37. The van der Waals surface area contributed by atoms with Crippen molar-refractivity contribution in [1.29, 1.82) is 0 Å². The quantitative estimate of drug-likeness (QED) is 0.728. The zero-order valence-electron chi connectivity index (χ0n) is 11.3. The number of halogens is 3. The molecule has 2 rings (SSSR count). The van der Waals surface area contributed by atoms with Gasteiger partial charge in [-0.25, -0.2) is 4.79 Å². The second kappa shape index (κ2) is 5.59. The summed E-state index contributed by atoms with van der Waals surface area (Å²) in [7, 11) is 0. The van der Waals surface area contributed by atoms with E-state index >= 15 is 0 Å². The standard InChI is InChI=1S/C10H18N2O.C2HF3O2/c1-3-7-10(4-2)6(5-12-7)8(10)9(11)13;3-2(4,5)1(6)7/h6-8,12H,3-5H2,1-2H3,(H2,11,13);(H,6,7). The van der Waals surface area contributed by atoms with Crippen molar-refractivity contribution in [1.82, 2.24) is 5.32 Å². The lowest BCUT2D eigenvalue weighted by molar-refractivity contribution is -0.192. The lowest BCUT2D eigenvalue weighted by Crippen LogP contribution is -2.36. The molecule has 116 valence electrons. The first-order chi connectivity index (χ1) is 9.12. The SMILES string of the molecule is CCC1NCC2C(C(N)=O)C12CC.O=C(O)C(F)(F)F. The third kappa shape index (κ3) is 2.74. The minimum Gasteiger partial charge on any atom is -0.475 e. The number of nitrogens with one attached hydrogen (secondary N) is 1. The molecule has 0 aromatic heterocycles. The summed E-state index contributed by atoms with van der Waals surface area (Å²) in [6, 6.07) is 0.514. The average molecular weight is 296 g/mol. The molecular weight excluding hydrogens is 277 g/mol. The van der Waals surface area contributed by atoms with Crippen molar-refractivity contribution in [2.75, 3.05) is 6.54 Å². The van der Waals surface area contributed by atoms with Crippen LogP contribution in [-0.2, 0) is 9.59 Å². The predicted octanol–water partition coefficient (Wildman–Crippen LogP) is 1.13. The minimum absolute atomic E-state index is 0.0909. The van der Waals surface area contributed by atoms with E-state index in [2.05, 4.69) is 19.2 Å². The Labute approximate surface area is 114 Å². The second-order valence-electron chi connectivity index (χ2n) is 5.12. The van der Waals surface area contributed by atoms with Gasteiger partial charge >= 0.3 is 12.1 Å². The van der Waals surface area contributed by atoms with E-state index in [4.69, 9.17) is 15.6 Å². The number of fused-ring (bicyclic) bond motifs is 1. The maximum atomic E-state index is 11.2. The van der Waals surface area contributed by atoms with E-state index in [0.29, 0.717) is 12.0 Å². The summed E-state index contributed by atoms with van der Waals surface area (Å²) in [6.07, 6.45) is -2.90. The normalized spacial score (nSPS) is 34.8. The Morgan fingerprint density at radius 3 is 2.15 bits per heavy atom. The molecule has 0 spiro atoms. The van der Waals surface area contributed by atoms with E-state index in [1.54, 1.807) is 0 Å². The first kappa shape index (κ1) is 16.7. The molecule has 1 saturated carbocycles. The molecule has 1 saturated heterocycles. The molecule has 0 radical (unpaired) electrons. The molecule has 8 heteroatoms. The topological polar surface area (TPSA) is 92.4 Å². The van der Waals surface area contributed by atoms with Crippen LogP contribution in [0.1, 0.15) is 26.7 Å². The van der Waals surface area contributed by atoms with Crippen LogP contribution in [0.4, 0.5) is 13.2 Å². The molecule has 4 N–H and O–H groups in total. The third-order valence-electron chi connectivity index (χ3n) is 4.37. The molecule has 1 heterocycles. The second-order valence-corrected chi connectivity index (χ2v) is 5.12. The minimum atomic E-state index is -5.08. The van der Waals surface area contributed by atoms with Crippen LogP contribution in [0.25, 0.3) is 0 Å². The van der Waals surface area contributed by atoms with Gasteiger partial charge in [0.05, 0.1) is 0 Å². The highest BCUT2D eigenvalue weighted by Crippen LogP contribution is 2.66. The summed E-state index contributed by atoms with van der Waals surface area (Å²) >= 11 is 0. The van der Waals surface area contributed by atoms with E-state index in [1.165, 1.54) is 0 Å². The Kier molecular flexibility index (Phi) is 4.68. The Balaban J connectivity index is 0.000000246. The number of carbonyl (C=O) groups excluding carboxylic acids is 1. The van der Waals surface area contributed by atoms with Crippen LogP contribution in [0.3, 0.4) is 0 Å². The number of primary amides is 1. The number of alkyl halides is 3. The Morgan fingerprint density at radius 1 is 1.40 bits per heavy atom. The molecule has 1 amide bonds. The van der Waals surface area contributed by atoms with Gasteiger partial charge in [-0.1, -0.05) is 13.8 Å². The lowest BCUT2D eigenvalue weighted by Gasteiger charge is -2.22. The van der Waals surface area contributed by atoms with Crippen LogP contribution in [0.5, 0.6) is 0 Å². The Hall–Kier alpha value is -1.31. The van der Waals surface area contributed by atoms with Gasteiger partial charge in [0.2, 0.25) is 5.91 Å². The van der Waals surface area contributed by atoms with Gasteiger partial charge in [0, 0.05) is 17.4 Å². The van der Waals surface area contributed by atoms with Gasteiger partial charge in [0.25, 0.3) is 0 Å². The van der Waals surface area contributed by atoms with Gasteiger partial charge in [0.15, 0.2) is 0 Å². The highest BCUT2D eigenvalue weighted by Gasteiger charge is 2.71. The van der Waals surface area contributed by atoms with E-state index in [0.717, 1.165) is 19.4 Å². The number of carboxylic acid groups (broad SMARTS) is 1.